The van der Waals surface area contributed by atoms with E-state index in [2.05, 4.69) is 59.4 Å². The summed E-state index contributed by atoms with van der Waals surface area (Å²) >= 11 is 3.52. The van der Waals surface area contributed by atoms with Gasteiger partial charge in [-0.25, -0.2) is 0 Å². The highest BCUT2D eigenvalue weighted by atomic mass is 79.9. The molecular formula is C17H20BrNO. The monoisotopic (exact) mass is 333 g/mol. The van der Waals surface area contributed by atoms with E-state index in [1.807, 2.05) is 19.1 Å². The fourth-order valence-corrected chi connectivity index (χ4v) is 2.52. The number of anilines is 1. The Balaban J connectivity index is 2.18. The first-order valence-electron chi connectivity index (χ1n) is 6.83. The minimum atomic E-state index is 0.679. The highest BCUT2D eigenvalue weighted by Crippen LogP contribution is 2.25. The second kappa shape index (κ2) is 6.80. The first kappa shape index (κ1) is 14.9. The molecule has 2 nitrogen and oxygen atoms in total. The van der Waals surface area contributed by atoms with Gasteiger partial charge in [0.1, 0.15) is 5.75 Å². The van der Waals surface area contributed by atoms with Crippen LogP contribution in [0.25, 0.3) is 0 Å². The highest BCUT2D eigenvalue weighted by Gasteiger charge is 2.06. The largest absolute Gasteiger partial charge is 0.494 e. The Morgan fingerprint density at radius 1 is 1.15 bits per heavy atom. The van der Waals surface area contributed by atoms with E-state index in [0.29, 0.717) is 6.61 Å². The summed E-state index contributed by atoms with van der Waals surface area (Å²) in [6, 6.07) is 12.4. The third kappa shape index (κ3) is 3.54. The maximum absolute atomic E-state index is 5.67. The SMILES string of the molecule is CCOc1ccc(Br)cc1CNc1cccc(C)c1C. The van der Waals surface area contributed by atoms with Gasteiger partial charge < -0.3 is 10.1 Å². The second-order valence-electron chi connectivity index (χ2n) is 4.79. The van der Waals surface area contributed by atoms with Gasteiger partial charge in [0, 0.05) is 22.3 Å². The van der Waals surface area contributed by atoms with E-state index in [4.69, 9.17) is 4.74 Å². The molecule has 0 saturated carbocycles. The lowest BCUT2D eigenvalue weighted by atomic mass is 10.1. The van der Waals surface area contributed by atoms with Crippen LogP contribution in [-0.4, -0.2) is 6.61 Å². The second-order valence-corrected chi connectivity index (χ2v) is 5.70. The molecule has 1 N–H and O–H groups in total. The summed E-state index contributed by atoms with van der Waals surface area (Å²) in [4.78, 5) is 0. The van der Waals surface area contributed by atoms with Crippen LogP contribution in [0.3, 0.4) is 0 Å². The molecule has 0 aromatic heterocycles. The highest BCUT2D eigenvalue weighted by molar-refractivity contribution is 9.10. The van der Waals surface area contributed by atoms with Crippen molar-refractivity contribution in [2.75, 3.05) is 11.9 Å². The van der Waals surface area contributed by atoms with Crippen molar-refractivity contribution < 1.29 is 4.74 Å². The maximum atomic E-state index is 5.67. The van der Waals surface area contributed by atoms with Crippen LogP contribution in [0.1, 0.15) is 23.6 Å². The van der Waals surface area contributed by atoms with Gasteiger partial charge in [0.25, 0.3) is 0 Å². The number of hydrogen-bond donors (Lipinski definition) is 1. The molecule has 3 heteroatoms. The zero-order chi connectivity index (χ0) is 14.5. The van der Waals surface area contributed by atoms with Crippen molar-refractivity contribution >= 4 is 21.6 Å². The molecule has 0 spiro atoms. The number of ether oxygens (including phenoxy) is 1. The molecule has 0 fully saturated rings. The van der Waals surface area contributed by atoms with Crippen molar-refractivity contribution in [3.8, 4) is 5.75 Å². The average Bonchev–Trinajstić information content (AvgIpc) is 2.43. The quantitative estimate of drug-likeness (QED) is 0.824. The van der Waals surface area contributed by atoms with Crippen molar-refractivity contribution in [2.45, 2.75) is 27.3 Å². The zero-order valence-corrected chi connectivity index (χ0v) is 13.8. The van der Waals surface area contributed by atoms with Crippen molar-refractivity contribution in [2.24, 2.45) is 0 Å². The average molecular weight is 334 g/mol. The van der Waals surface area contributed by atoms with E-state index >= 15 is 0 Å². The summed E-state index contributed by atoms with van der Waals surface area (Å²) in [6.45, 7) is 7.70. The maximum Gasteiger partial charge on any atom is 0.124 e. The summed E-state index contributed by atoms with van der Waals surface area (Å²) in [5.41, 5.74) is 4.92. The Morgan fingerprint density at radius 2 is 1.95 bits per heavy atom. The van der Waals surface area contributed by atoms with Crippen LogP contribution in [0.2, 0.25) is 0 Å². The fraction of sp³-hybridized carbons (Fsp3) is 0.294. The van der Waals surface area contributed by atoms with Crippen molar-refractivity contribution in [3.05, 3.63) is 57.6 Å². The topological polar surface area (TPSA) is 21.3 Å². The Morgan fingerprint density at radius 3 is 2.70 bits per heavy atom. The summed E-state index contributed by atoms with van der Waals surface area (Å²) in [5.74, 6) is 0.938. The molecule has 2 aromatic rings. The molecular weight excluding hydrogens is 314 g/mol. The van der Waals surface area contributed by atoms with Crippen LogP contribution in [0.15, 0.2) is 40.9 Å². The van der Waals surface area contributed by atoms with Crippen LogP contribution in [0, 0.1) is 13.8 Å². The number of rotatable bonds is 5. The van der Waals surface area contributed by atoms with Gasteiger partial charge in [-0.3, -0.25) is 0 Å². The lowest BCUT2D eigenvalue weighted by Crippen LogP contribution is -2.04. The molecule has 0 amide bonds. The molecule has 0 unspecified atom stereocenters. The van der Waals surface area contributed by atoms with E-state index in [1.165, 1.54) is 16.8 Å². The molecule has 0 aliphatic heterocycles. The number of halogens is 1. The zero-order valence-electron chi connectivity index (χ0n) is 12.2. The van der Waals surface area contributed by atoms with Crippen molar-refractivity contribution in [1.29, 1.82) is 0 Å². The molecule has 0 atom stereocenters. The summed E-state index contributed by atoms with van der Waals surface area (Å²) < 4.78 is 6.74. The van der Waals surface area contributed by atoms with Gasteiger partial charge in [-0.15, -0.1) is 0 Å². The van der Waals surface area contributed by atoms with Gasteiger partial charge in [-0.1, -0.05) is 28.1 Å². The van der Waals surface area contributed by atoms with E-state index in [0.717, 1.165) is 22.3 Å². The van der Waals surface area contributed by atoms with E-state index < -0.39 is 0 Å². The smallest absolute Gasteiger partial charge is 0.124 e. The Bertz CT molecular complexity index is 596. The van der Waals surface area contributed by atoms with E-state index in [1.54, 1.807) is 0 Å². The molecule has 0 heterocycles. The summed E-state index contributed by atoms with van der Waals surface area (Å²) in [5, 5.41) is 3.50. The van der Waals surface area contributed by atoms with E-state index in [9.17, 15) is 0 Å². The van der Waals surface area contributed by atoms with Gasteiger partial charge in [-0.2, -0.15) is 0 Å². The Labute approximate surface area is 129 Å². The van der Waals surface area contributed by atoms with Crippen LogP contribution in [-0.2, 0) is 6.54 Å². The predicted octanol–water partition coefficient (Wildman–Crippen LogP) is 5.08. The standard InChI is InChI=1S/C17H20BrNO/c1-4-20-17-9-8-15(18)10-14(17)11-19-16-7-5-6-12(2)13(16)3/h5-10,19H,4,11H2,1-3H3. The van der Waals surface area contributed by atoms with Gasteiger partial charge in [0.2, 0.25) is 0 Å². The first-order chi connectivity index (χ1) is 9.61. The molecule has 2 aromatic carbocycles. The molecule has 2 rings (SSSR count). The lowest BCUT2D eigenvalue weighted by Gasteiger charge is -2.14. The molecule has 0 aliphatic carbocycles. The third-order valence-corrected chi connectivity index (χ3v) is 3.89. The lowest BCUT2D eigenvalue weighted by molar-refractivity contribution is 0.337. The summed E-state index contributed by atoms with van der Waals surface area (Å²) in [7, 11) is 0. The van der Waals surface area contributed by atoms with Crippen LogP contribution in [0.5, 0.6) is 5.75 Å². The Kier molecular flexibility index (Phi) is 5.07. The van der Waals surface area contributed by atoms with Gasteiger partial charge in [0.05, 0.1) is 6.61 Å². The van der Waals surface area contributed by atoms with Crippen molar-refractivity contribution in [1.82, 2.24) is 0 Å². The van der Waals surface area contributed by atoms with Crippen molar-refractivity contribution in [3.63, 3.8) is 0 Å². The van der Waals surface area contributed by atoms with Crippen LogP contribution >= 0.6 is 15.9 Å². The number of nitrogens with one attached hydrogen (secondary N) is 1. The third-order valence-electron chi connectivity index (χ3n) is 3.40. The van der Waals surface area contributed by atoms with Gasteiger partial charge in [-0.05, 0) is 56.2 Å². The molecule has 106 valence electrons. The molecule has 20 heavy (non-hydrogen) atoms. The van der Waals surface area contributed by atoms with Crippen LogP contribution < -0.4 is 10.1 Å². The minimum absolute atomic E-state index is 0.679. The normalized spacial score (nSPS) is 10.4. The Hall–Kier alpha value is -1.48. The molecule has 0 saturated heterocycles. The number of hydrogen-bond acceptors (Lipinski definition) is 2. The predicted molar refractivity (Wildman–Crippen MR) is 88.6 cm³/mol. The number of aryl methyl sites for hydroxylation is 1. The summed E-state index contributed by atoms with van der Waals surface area (Å²) in [6.07, 6.45) is 0. The van der Waals surface area contributed by atoms with Gasteiger partial charge in [0.15, 0.2) is 0 Å². The fourth-order valence-electron chi connectivity index (χ4n) is 2.12. The number of benzene rings is 2. The molecule has 0 bridgehead atoms. The minimum Gasteiger partial charge on any atom is -0.494 e. The molecule has 0 aliphatic rings. The molecule has 0 radical (unpaired) electrons. The first-order valence-corrected chi connectivity index (χ1v) is 7.62. The van der Waals surface area contributed by atoms with E-state index in [-0.39, 0.29) is 0 Å². The van der Waals surface area contributed by atoms with Crippen LogP contribution in [0.4, 0.5) is 5.69 Å². The van der Waals surface area contributed by atoms with Gasteiger partial charge >= 0.3 is 0 Å².